The Morgan fingerprint density at radius 2 is 0.468 bits per heavy atom. The molecule has 0 fully saturated rings. The zero-order chi connectivity index (χ0) is 55.7. The van der Waals surface area contributed by atoms with Crippen LogP contribution in [-0.2, 0) is 28.6 Å². The lowest BCUT2D eigenvalue weighted by Gasteiger charge is -2.18. The third kappa shape index (κ3) is 64.3. The molecule has 0 saturated carbocycles. The topological polar surface area (TPSA) is 78.9 Å². The van der Waals surface area contributed by atoms with E-state index in [1.54, 1.807) is 0 Å². The van der Waals surface area contributed by atoms with Crippen LogP contribution >= 0.6 is 0 Å². The van der Waals surface area contributed by atoms with E-state index >= 15 is 0 Å². The normalized spacial score (nSPS) is 12.2. The Kier molecular flexibility index (Phi) is 64.1. The van der Waals surface area contributed by atoms with Crippen LogP contribution in [0.3, 0.4) is 0 Å². The first kappa shape index (κ1) is 74.6. The summed E-state index contributed by atoms with van der Waals surface area (Å²) in [6.45, 7) is 6.67. The second-order valence-corrected chi connectivity index (χ2v) is 23.4. The molecule has 0 aromatic heterocycles. The molecule has 0 aromatic rings. The molecule has 0 bridgehead atoms. The van der Waals surface area contributed by atoms with Crippen molar-refractivity contribution in [3.05, 3.63) is 36.5 Å². The van der Waals surface area contributed by atoms with Gasteiger partial charge in [0.15, 0.2) is 6.10 Å². The van der Waals surface area contributed by atoms with E-state index < -0.39 is 6.10 Å². The molecule has 0 N–H and O–H groups in total. The molecule has 0 radical (unpaired) electrons. The molecule has 1 atom stereocenters. The molecule has 0 aliphatic heterocycles. The van der Waals surface area contributed by atoms with E-state index in [4.69, 9.17) is 14.2 Å². The molecule has 0 spiro atoms. The predicted octanol–water partition coefficient (Wildman–Crippen LogP) is 23.6. The van der Waals surface area contributed by atoms with E-state index in [0.29, 0.717) is 19.3 Å². The highest BCUT2D eigenvalue weighted by Gasteiger charge is 2.19. The average molecular weight is 1080 g/mol. The molecule has 0 aliphatic rings. The fourth-order valence-corrected chi connectivity index (χ4v) is 10.4. The Hall–Kier alpha value is -2.37. The highest BCUT2D eigenvalue weighted by Crippen LogP contribution is 2.18. The number of carbonyl (C=O) groups is 3. The number of esters is 3. The van der Waals surface area contributed by atoms with Crippen molar-refractivity contribution in [2.45, 2.75) is 386 Å². The third-order valence-electron chi connectivity index (χ3n) is 15.6. The van der Waals surface area contributed by atoms with Crippen LogP contribution in [0, 0.1) is 0 Å². The molecule has 0 heterocycles. The standard InChI is InChI=1S/C71H132O6/c1-4-7-10-13-16-19-21-23-25-27-29-31-33-34-35-36-38-39-41-43-45-47-49-52-55-58-61-64-70(73)76-67-68(66-75-69(72)63-60-57-54-51-18-15-12-9-6-3)77-71(74)65-62-59-56-53-50-48-46-44-42-40-37-32-30-28-26-24-22-20-17-14-11-8-5-2/h22,24,27-30,68H,4-21,23,25-26,31-67H2,1-3H3/b24-22-,29-27-,30-28-. The number of carbonyl (C=O) groups excluding carboxylic acids is 3. The molecule has 77 heavy (non-hydrogen) atoms. The van der Waals surface area contributed by atoms with Crippen LogP contribution in [0.5, 0.6) is 0 Å². The van der Waals surface area contributed by atoms with E-state index in [1.165, 1.54) is 276 Å². The Balaban J connectivity index is 4.12. The number of hydrogen-bond acceptors (Lipinski definition) is 6. The lowest BCUT2D eigenvalue weighted by atomic mass is 10.0. The largest absolute Gasteiger partial charge is 0.462 e. The SMILES string of the molecule is CCCCCCC/C=C\C/C=C\CCCCCCCCCCCCCC(=O)OC(COC(=O)CCCCCCCCCCC)COC(=O)CCCCCCCCCCCCCCCCC/C=C\CCCCCCCCCC. The minimum Gasteiger partial charge on any atom is -0.462 e. The minimum absolute atomic E-state index is 0.0680. The van der Waals surface area contributed by atoms with Crippen molar-refractivity contribution in [1.29, 1.82) is 0 Å². The van der Waals surface area contributed by atoms with Gasteiger partial charge < -0.3 is 14.2 Å². The second kappa shape index (κ2) is 66.1. The smallest absolute Gasteiger partial charge is 0.306 e. The van der Waals surface area contributed by atoms with Gasteiger partial charge >= 0.3 is 17.9 Å². The number of allylic oxidation sites excluding steroid dienone is 6. The first-order chi connectivity index (χ1) is 38.0. The molecule has 0 amide bonds. The molecule has 0 saturated heterocycles. The Bertz CT molecular complexity index is 1290. The van der Waals surface area contributed by atoms with E-state index in [1.807, 2.05) is 0 Å². The second-order valence-electron chi connectivity index (χ2n) is 23.4. The fourth-order valence-electron chi connectivity index (χ4n) is 10.4. The predicted molar refractivity (Wildman–Crippen MR) is 335 cm³/mol. The van der Waals surface area contributed by atoms with Crippen molar-refractivity contribution in [1.82, 2.24) is 0 Å². The van der Waals surface area contributed by atoms with Gasteiger partial charge in [0.2, 0.25) is 0 Å². The van der Waals surface area contributed by atoms with Gasteiger partial charge in [-0.1, -0.05) is 320 Å². The van der Waals surface area contributed by atoms with Gasteiger partial charge in [0.1, 0.15) is 13.2 Å². The lowest BCUT2D eigenvalue weighted by Crippen LogP contribution is -2.30. The summed E-state index contributed by atoms with van der Waals surface area (Å²) in [5, 5.41) is 0. The molecule has 452 valence electrons. The van der Waals surface area contributed by atoms with Crippen molar-refractivity contribution in [2.24, 2.45) is 0 Å². The van der Waals surface area contributed by atoms with Crippen molar-refractivity contribution in [2.75, 3.05) is 13.2 Å². The summed E-state index contributed by atoms with van der Waals surface area (Å²) in [7, 11) is 0. The van der Waals surface area contributed by atoms with Gasteiger partial charge in [0.05, 0.1) is 0 Å². The maximum atomic E-state index is 12.9. The van der Waals surface area contributed by atoms with Crippen LogP contribution in [0.2, 0.25) is 0 Å². The quantitative estimate of drug-likeness (QED) is 0.0261. The van der Waals surface area contributed by atoms with Gasteiger partial charge in [-0.2, -0.15) is 0 Å². The van der Waals surface area contributed by atoms with Gasteiger partial charge in [-0.25, -0.2) is 0 Å². The molecule has 1 unspecified atom stereocenters. The summed E-state index contributed by atoms with van der Waals surface area (Å²) in [5.74, 6) is -0.848. The van der Waals surface area contributed by atoms with Crippen molar-refractivity contribution in [3.63, 3.8) is 0 Å². The number of hydrogen-bond donors (Lipinski definition) is 0. The molecule has 6 nitrogen and oxygen atoms in total. The molecule has 6 heteroatoms. The summed E-state index contributed by atoms with van der Waals surface area (Å²) in [6, 6.07) is 0. The van der Waals surface area contributed by atoms with Crippen LogP contribution in [0.4, 0.5) is 0 Å². The van der Waals surface area contributed by atoms with Gasteiger partial charge in [-0.15, -0.1) is 0 Å². The third-order valence-corrected chi connectivity index (χ3v) is 15.6. The monoisotopic (exact) mass is 1080 g/mol. The summed E-state index contributed by atoms with van der Waals surface area (Å²) in [6.07, 6.45) is 81.8. The van der Waals surface area contributed by atoms with E-state index in [9.17, 15) is 14.4 Å². The van der Waals surface area contributed by atoms with Crippen molar-refractivity contribution >= 4 is 17.9 Å². The molecule has 0 rings (SSSR count). The number of ether oxygens (including phenoxy) is 3. The van der Waals surface area contributed by atoms with Crippen LogP contribution < -0.4 is 0 Å². The first-order valence-corrected chi connectivity index (χ1v) is 34.5. The van der Waals surface area contributed by atoms with Crippen LogP contribution in [0.15, 0.2) is 36.5 Å². The zero-order valence-corrected chi connectivity index (χ0v) is 52.0. The minimum atomic E-state index is -0.770. The highest BCUT2D eigenvalue weighted by atomic mass is 16.6. The average Bonchev–Trinajstić information content (AvgIpc) is 3.43. The molecule has 0 aliphatic carbocycles. The van der Waals surface area contributed by atoms with Crippen LogP contribution in [0.1, 0.15) is 380 Å². The van der Waals surface area contributed by atoms with Crippen molar-refractivity contribution < 1.29 is 28.6 Å². The number of rotatable bonds is 64. The van der Waals surface area contributed by atoms with Crippen molar-refractivity contribution in [3.8, 4) is 0 Å². The number of unbranched alkanes of at least 4 members (excludes halogenated alkanes) is 47. The summed E-state index contributed by atoms with van der Waals surface area (Å²) in [5.41, 5.74) is 0. The zero-order valence-electron chi connectivity index (χ0n) is 52.0. The summed E-state index contributed by atoms with van der Waals surface area (Å²) in [4.78, 5) is 38.3. The Labute approximate surface area is 480 Å². The van der Waals surface area contributed by atoms with Gasteiger partial charge in [-0.3, -0.25) is 14.4 Å². The van der Waals surface area contributed by atoms with Gasteiger partial charge in [0, 0.05) is 19.3 Å². The van der Waals surface area contributed by atoms with E-state index in [-0.39, 0.29) is 31.1 Å². The van der Waals surface area contributed by atoms with Crippen LogP contribution in [0.25, 0.3) is 0 Å². The maximum absolute atomic E-state index is 12.9. The molecular formula is C71H132O6. The maximum Gasteiger partial charge on any atom is 0.306 e. The lowest BCUT2D eigenvalue weighted by molar-refractivity contribution is -0.167. The summed E-state index contributed by atoms with van der Waals surface area (Å²) >= 11 is 0. The highest BCUT2D eigenvalue weighted by molar-refractivity contribution is 5.71. The van der Waals surface area contributed by atoms with E-state index in [0.717, 1.165) is 64.2 Å². The Morgan fingerprint density at radius 1 is 0.260 bits per heavy atom. The van der Waals surface area contributed by atoms with Crippen LogP contribution in [-0.4, -0.2) is 37.2 Å². The molecular weight excluding hydrogens is 949 g/mol. The Morgan fingerprint density at radius 3 is 0.727 bits per heavy atom. The van der Waals surface area contributed by atoms with Gasteiger partial charge in [0.25, 0.3) is 0 Å². The van der Waals surface area contributed by atoms with E-state index in [2.05, 4.69) is 57.2 Å². The fraction of sp³-hybridized carbons (Fsp3) is 0.873. The van der Waals surface area contributed by atoms with Gasteiger partial charge in [-0.05, 0) is 77.0 Å². The molecule has 0 aromatic carbocycles. The first-order valence-electron chi connectivity index (χ1n) is 34.5. The summed E-state index contributed by atoms with van der Waals surface area (Å²) < 4.78 is 16.9.